The van der Waals surface area contributed by atoms with Gasteiger partial charge in [0.25, 0.3) is 5.91 Å². The number of hydrogen-bond donors (Lipinski definition) is 1. The van der Waals surface area contributed by atoms with Gasteiger partial charge in [0.05, 0.1) is 24.0 Å². The topological polar surface area (TPSA) is 41.6 Å². The van der Waals surface area contributed by atoms with Crippen molar-refractivity contribution < 1.29 is 9.53 Å². The number of anilines is 2. The van der Waals surface area contributed by atoms with Crippen molar-refractivity contribution >= 4 is 28.9 Å². The molecule has 1 aliphatic rings. The van der Waals surface area contributed by atoms with Crippen molar-refractivity contribution in [2.75, 3.05) is 30.4 Å². The monoisotopic (exact) mass is 330 g/mol. The van der Waals surface area contributed by atoms with Crippen LogP contribution < -0.4 is 15.0 Å². The minimum Gasteiger partial charge on any atom is -0.496 e. The largest absolute Gasteiger partial charge is 0.496 e. The predicted molar refractivity (Wildman–Crippen MR) is 93.8 cm³/mol. The standard InChI is InChI=1S/C18H19ClN2O2/c1-23-17-9-8-13(19)12-14(17)18(22)20-15-6-2-3-7-16(15)21-10-4-5-11-21/h2-3,6-9,12H,4-5,10-11H2,1H3,(H,20,22). The summed E-state index contributed by atoms with van der Waals surface area (Å²) in [5.41, 5.74) is 2.29. The van der Waals surface area contributed by atoms with E-state index in [1.807, 2.05) is 24.3 Å². The van der Waals surface area contributed by atoms with Crippen molar-refractivity contribution in [3.05, 3.63) is 53.1 Å². The lowest BCUT2D eigenvalue weighted by atomic mass is 10.1. The van der Waals surface area contributed by atoms with Crippen LogP contribution in [0.5, 0.6) is 5.75 Å². The molecule has 0 aromatic heterocycles. The fourth-order valence-corrected chi connectivity index (χ4v) is 3.03. The Morgan fingerprint density at radius 1 is 1.17 bits per heavy atom. The van der Waals surface area contributed by atoms with E-state index in [9.17, 15) is 4.79 Å². The van der Waals surface area contributed by atoms with Gasteiger partial charge in [-0.1, -0.05) is 23.7 Å². The Morgan fingerprint density at radius 2 is 1.91 bits per heavy atom. The van der Waals surface area contributed by atoms with Gasteiger partial charge in [-0.05, 0) is 43.2 Å². The van der Waals surface area contributed by atoms with Crippen LogP contribution >= 0.6 is 11.6 Å². The van der Waals surface area contributed by atoms with Gasteiger partial charge in [-0.15, -0.1) is 0 Å². The van der Waals surface area contributed by atoms with Gasteiger partial charge in [0.1, 0.15) is 5.75 Å². The highest BCUT2D eigenvalue weighted by atomic mass is 35.5. The first-order chi connectivity index (χ1) is 11.2. The highest BCUT2D eigenvalue weighted by molar-refractivity contribution is 6.31. The third-order valence-corrected chi connectivity index (χ3v) is 4.24. The first kappa shape index (κ1) is 15.7. The molecule has 0 saturated carbocycles. The minimum absolute atomic E-state index is 0.226. The van der Waals surface area contributed by atoms with Crippen LogP contribution in [0.25, 0.3) is 0 Å². The van der Waals surface area contributed by atoms with Gasteiger partial charge in [-0.3, -0.25) is 4.79 Å². The average Bonchev–Trinajstić information content (AvgIpc) is 3.09. The van der Waals surface area contributed by atoms with Gasteiger partial charge in [0.2, 0.25) is 0 Å². The summed E-state index contributed by atoms with van der Waals surface area (Å²) < 4.78 is 5.26. The average molecular weight is 331 g/mol. The molecule has 0 atom stereocenters. The Hall–Kier alpha value is -2.20. The molecule has 120 valence electrons. The van der Waals surface area contributed by atoms with E-state index < -0.39 is 0 Å². The van der Waals surface area contributed by atoms with Crippen LogP contribution in [0, 0.1) is 0 Å². The summed E-state index contributed by atoms with van der Waals surface area (Å²) in [6.45, 7) is 2.04. The molecule has 0 aliphatic carbocycles. The lowest BCUT2D eigenvalue weighted by Gasteiger charge is -2.21. The summed E-state index contributed by atoms with van der Waals surface area (Å²) in [4.78, 5) is 14.9. The SMILES string of the molecule is COc1ccc(Cl)cc1C(=O)Nc1ccccc1N1CCCC1. The highest BCUT2D eigenvalue weighted by Gasteiger charge is 2.18. The van der Waals surface area contributed by atoms with E-state index in [1.54, 1.807) is 18.2 Å². The highest BCUT2D eigenvalue weighted by Crippen LogP contribution is 2.30. The maximum atomic E-state index is 12.6. The summed E-state index contributed by atoms with van der Waals surface area (Å²) in [5, 5.41) is 3.49. The smallest absolute Gasteiger partial charge is 0.259 e. The molecule has 0 radical (unpaired) electrons. The second-order valence-corrected chi connectivity index (χ2v) is 5.95. The molecule has 1 fully saturated rings. The van der Waals surface area contributed by atoms with Crippen molar-refractivity contribution in [3.63, 3.8) is 0 Å². The lowest BCUT2D eigenvalue weighted by molar-refractivity contribution is 0.102. The molecule has 1 amide bonds. The summed E-state index contributed by atoms with van der Waals surface area (Å²) in [7, 11) is 1.54. The van der Waals surface area contributed by atoms with Gasteiger partial charge in [-0.25, -0.2) is 0 Å². The first-order valence-electron chi connectivity index (χ1n) is 7.68. The molecule has 3 rings (SSSR count). The molecule has 1 aliphatic heterocycles. The Kier molecular flexibility index (Phi) is 4.72. The van der Waals surface area contributed by atoms with Gasteiger partial charge in [-0.2, -0.15) is 0 Å². The van der Waals surface area contributed by atoms with Crippen molar-refractivity contribution in [2.24, 2.45) is 0 Å². The fraction of sp³-hybridized carbons (Fsp3) is 0.278. The van der Waals surface area contributed by atoms with Crippen LogP contribution in [-0.2, 0) is 0 Å². The number of nitrogens with zero attached hydrogens (tertiary/aromatic N) is 1. The van der Waals surface area contributed by atoms with Crippen LogP contribution in [0.3, 0.4) is 0 Å². The Morgan fingerprint density at radius 3 is 2.65 bits per heavy atom. The number of methoxy groups -OCH3 is 1. The van der Waals surface area contributed by atoms with Crippen molar-refractivity contribution in [2.45, 2.75) is 12.8 Å². The van der Waals surface area contributed by atoms with Gasteiger partial charge < -0.3 is 15.0 Å². The number of para-hydroxylation sites is 2. The second-order valence-electron chi connectivity index (χ2n) is 5.51. The van der Waals surface area contributed by atoms with E-state index >= 15 is 0 Å². The number of amides is 1. The van der Waals surface area contributed by atoms with E-state index in [-0.39, 0.29) is 5.91 Å². The first-order valence-corrected chi connectivity index (χ1v) is 8.05. The van der Waals surface area contributed by atoms with Crippen LogP contribution in [0.15, 0.2) is 42.5 Å². The normalized spacial score (nSPS) is 13.9. The van der Waals surface area contributed by atoms with E-state index in [0.29, 0.717) is 16.3 Å². The molecule has 1 heterocycles. The molecule has 2 aromatic rings. The predicted octanol–water partition coefficient (Wildman–Crippen LogP) is 4.20. The second kappa shape index (κ2) is 6.92. The van der Waals surface area contributed by atoms with Crippen LogP contribution in [0.1, 0.15) is 23.2 Å². The van der Waals surface area contributed by atoms with Gasteiger partial charge >= 0.3 is 0 Å². The Balaban J connectivity index is 1.87. The van der Waals surface area contributed by atoms with E-state index in [2.05, 4.69) is 10.2 Å². The Labute approximate surface area is 141 Å². The molecule has 0 unspecified atom stereocenters. The molecule has 2 aromatic carbocycles. The van der Waals surface area contributed by atoms with Crippen molar-refractivity contribution in [1.29, 1.82) is 0 Å². The molecular weight excluding hydrogens is 312 g/mol. The number of hydrogen-bond acceptors (Lipinski definition) is 3. The summed E-state index contributed by atoms with van der Waals surface area (Å²) in [5.74, 6) is 0.279. The summed E-state index contributed by atoms with van der Waals surface area (Å²) in [6.07, 6.45) is 2.37. The quantitative estimate of drug-likeness (QED) is 0.913. The third kappa shape index (κ3) is 3.42. The fourth-order valence-electron chi connectivity index (χ4n) is 2.86. The number of rotatable bonds is 4. The summed E-state index contributed by atoms with van der Waals surface area (Å²) in [6, 6.07) is 12.9. The van der Waals surface area contributed by atoms with Crippen LogP contribution in [0.2, 0.25) is 5.02 Å². The van der Waals surface area contributed by atoms with Gasteiger partial charge in [0, 0.05) is 18.1 Å². The lowest BCUT2D eigenvalue weighted by Crippen LogP contribution is -2.21. The number of carbonyl (C=O) groups excluding carboxylic acids is 1. The van der Waals surface area contributed by atoms with E-state index in [1.165, 1.54) is 20.0 Å². The third-order valence-electron chi connectivity index (χ3n) is 4.01. The minimum atomic E-state index is -0.226. The maximum Gasteiger partial charge on any atom is 0.259 e. The maximum absolute atomic E-state index is 12.6. The zero-order valence-corrected chi connectivity index (χ0v) is 13.8. The molecular formula is C18H19ClN2O2. The molecule has 5 heteroatoms. The van der Waals surface area contributed by atoms with Crippen LogP contribution in [0.4, 0.5) is 11.4 Å². The molecule has 1 N–H and O–H groups in total. The number of nitrogens with one attached hydrogen (secondary N) is 1. The van der Waals surface area contributed by atoms with Crippen molar-refractivity contribution in [1.82, 2.24) is 0 Å². The van der Waals surface area contributed by atoms with Gasteiger partial charge in [0.15, 0.2) is 0 Å². The van der Waals surface area contributed by atoms with E-state index in [0.717, 1.165) is 24.5 Å². The number of halogens is 1. The Bertz CT molecular complexity index is 712. The summed E-state index contributed by atoms with van der Waals surface area (Å²) >= 11 is 6.01. The van der Waals surface area contributed by atoms with Crippen molar-refractivity contribution in [3.8, 4) is 5.75 Å². The molecule has 23 heavy (non-hydrogen) atoms. The molecule has 0 spiro atoms. The molecule has 1 saturated heterocycles. The van der Waals surface area contributed by atoms with Crippen LogP contribution in [-0.4, -0.2) is 26.1 Å². The zero-order valence-electron chi connectivity index (χ0n) is 13.0. The molecule has 4 nitrogen and oxygen atoms in total. The number of carbonyl (C=O) groups is 1. The molecule has 0 bridgehead atoms. The number of ether oxygens (including phenoxy) is 1. The zero-order chi connectivity index (χ0) is 16.2. The van der Waals surface area contributed by atoms with E-state index in [4.69, 9.17) is 16.3 Å². The number of benzene rings is 2.